The third-order valence-corrected chi connectivity index (χ3v) is 6.85. The molecule has 0 unspecified atom stereocenters. The zero-order valence-electron chi connectivity index (χ0n) is 17.6. The van der Waals surface area contributed by atoms with Crippen molar-refractivity contribution in [1.82, 2.24) is 19.9 Å². The van der Waals surface area contributed by atoms with E-state index in [1.165, 1.54) is 5.56 Å². The highest BCUT2D eigenvalue weighted by Gasteiger charge is 2.25. The van der Waals surface area contributed by atoms with E-state index >= 15 is 0 Å². The maximum atomic E-state index is 6.32. The molecule has 0 amide bonds. The summed E-state index contributed by atoms with van der Waals surface area (Å²) in [6.07, 6.45) is 5.75. The van der Waals surface area contributed by atoms with E-state index < -0.39 is 0 Å². The van der Waals surface area contributed by atoms with Crippen molar-refractivity contribution in [2.24, 2.45) is 0 Å². The standard InChI is InChI=1S/C26H24Cl2N4/c27-22-7-6-21(16-23(22)28)25-24(19-8-12-29-13-9-19)30-26(31-25)20-10-14-32(15-11-20)17-18-4-2-1-3-5-18/h1-9,12-13,16,20H,10-11,14-15,17H2,(H,30,31). The van der Waals surface area contributed by atoms with E-state index in [0.717, 1.165) is 60.8 Å². The minimum atomic E-state index is 0.402. The van der Waals surface area contributed by atoms with Crippen molar-refractivity contribution in [1.29, 1.82) is 0 Å². The average Bonchev–Trinajstić information content (AvgIpc) is 3.28. The van der Waals surface area contributed by atoms with E-state index in [1.54, 1.807) is 12.4 Å². The third kappa shape index (κ3) is 4.58. The number of hydrogen-bond acceptors (Lipinski definition) is 3. The molecule has 0 bridgehead atoms. The molecule has 0 aliphatic carbocycles. The lowest BCUT2D eigenvalue weighted by Gasteiger charge is -2.31. The van der Waals surface area contributed by atoms with Gasteiger partial charge in [-0.3, -0.25) is 9.88 Å². The first-order valence-electron chi connectivity index (χ1n) is 10.9. The van der Waals surface area contributed by atoms with Crippen molar-refractivity contribution in [2.45, 2.75) is 25.3 Å². The molecule has 2 aromatic heterocycles. The molecule has 1 fully saturated rings. The van der Waals surface area contributed by atoms with Crippen molar-refractivity contribution >= 4 is 23.2 Å². The van der Waals surface area contributed by atoms with Gasteiger partial charge in [-0.2, -0.15) is 0 Å². The first-order valence-corrected chi connectivity index (χ1v) is 11.6. The van der Waals surface area contributed by atoms with Crippen molar-refractivity contribution in [2.75, 3.05) is 13.1 Å². The van der Waals surface area contributed by atoms with E-state index in [1.807, 2.05) is 30.3 Å². The number of benzene rings is 2. The molecule has 0 atom stereocenters. The highest BCUT2D eigenvalue weighted by molar-refractivity contribution is 6.42. The Kier molecular flexibility index (Phi) is 6.26. The second kappa shape index (κ2) is 9.45. The molecule has 2 aromatic carbocycles. The predicted octanol–water partition coefficient (Wildman–Crippen LogP) is 6.83. The Hall–Kier alpha value is -2.66. The second-order valence-electron chi connectivity index (χ2n) is 8.25. The summed E-state index contributed by atoms with van der Waals surface area (Å²) in [6.45, 7) is 3.13. The molecular weight excluding hydrogens is 439 g/mol. The van der Waals surface area contributed by atoms with Gasteiger partial charge in [0.2, 0.25) is 0 Å². The summed E-state index contributed by atoms with van der Waals surface area (Å²) in [4.78, 5) is 15.4. The van der Waals surface area contributed by atoms with Crippen LogP contribution >= 0.6 is 23.2 Å². The first kappa shape index (κ1) is 21.2. The fraction of sp³-hybridized carbons (Fsp3) is 0.231. The lowest BCUT2D eigenvalue weighted by molar-refractivity contribution is 0.202. The molecule has 0 saturated carbocycles. The fourth-order valence-electron chi connectivity index (χ4n) is 4.37. The number of halogens is 2. The first-order chi connectivity index (χ1) is 15.7. The van der Waals surface area contributed by atoms with Crippen molar-refractivity contribution in [3.63, 3.8) is 0 Å². The SMILES string of the molecule is Clc1ccc(-c2[nH]c(C3CCN(Cc4ccccc4)CC3)nc2-c2ccncc2)cc1Cl. The minimum Gasteiger partial charge on any atom is -0.341 e. The Morgan fingerprint density at radius 1 is 0.875 bits per heavy atom. The van der Waals surface area contributed by atoms with Gasteiger partial charge < -0.3 is 4.98 Å². The van der Waals surface area contributed by atoms with Crippen LogP contribution in [0.3, 0.4) is 0 Å². The fourth-order valence-corrected chi connectivity index (χ4v) is 4.67. The van der Waals surface area contributed by atoms with Gasteiger partial charge in [-0.05, 0) is 55.8 Å². The number of piperidine rings is 1. The van der Waals surface area contributed by atoms with Crippen LogP contribution in [0.5, 0.6) is 0 Å². The summed E-state index contributed by atoms with van der Waals surface area (Å²) in [5.41, 5.74) is 5.27. The van der Waals surface area contributed by atoms with Crippen molar-refractivity contribution < 1.29 is 0 Å². The summed E-state index contributed by atoms with van der Waals surface area (Å²) in [5, 5.41) is 1.08. The van der Waals surface area contributed by atoms with E-state index in [0.29, 0.717) is 16.0 Å². The van der Waals surface area contributed by atoms with E-state index in [2.05, 4.69) is 45.2 Å². The Morgan fingerprint density at radius 2 is 1.62 bits per heavy atom. The highest BCUT2D eigenvalue weighted by atomic mass is 35.5. The van der Waals surface area contributed by atoms with Crippen LogP contribution in [0.25, 0.3) is 22.5 Å². The van der Waals surface area contributed by atoms with Gasteiger partial charge in [0, 0.05) is 36.0 Å². The van der Waals surface area contributed by atoms with E-state index in [9.17, 15) is 0 Å². The number of pyridine rings is 1. The topological polar surface area (TPSA) is 44.8 Å². The van der Waals surface area contributed by atoms with Gasteiger partial charge in [-0.25, -0.2) is 4.98 Å². The molecule has 3 heterocycles. The Morgan fingerprint density at radius 3 is 2.34 bits per heavy atom. The lowest BCUT2D eigenvalue weighted by Crippen LogP contribution is -2.32. The molecule has 4 aromatic rings. The van der Waals surface area contributed by atoms with Crippen LogP contribution < -0.4 is 0 Å². The predicted molar refractivity (Wildman–Crippen MR) is 131 cm³/mol. The largest absolute Gasteiger partial charge is 0.341 e. The maximum absolute atomic E-state index is 6.32. The molecular formula is C26H24Cl2N4. The quantitative estimate of drug-likeness (QED) is 0.353. The summed E-state index contributed by atoms with van der Waals surface area (Å²) in [5.74, 6) is 1.44. The molecule has 1 aliphatic heterocycles. The molecule has 32 heavy (non-hydrogen) atoms. The number of rotatable bonds is 5. The van der Waals surface area contributed by atoms with E-state index in [4.69, 9.17) is 28.2 Å². The van der Waals surface area contributed by atoms with Crippen LogP contribution in [0.2, 0.25) is 10.0 Å². The molecule has 5 rings (SSSR count). The van der Waals surface area contributed by atoms with Gasteiger partial charge in [0.1, 0.15) is 5.82 Å². The van der Waals surface area contributed by atoms with Crippen LogP contribution in [0.4, 0.5) is 0 Å². The van der Waals surface area contributed by atoms with Crippen LogP contribution in [-0.4, -0.2) is 32.9 Å². The maximum Gasteiger partial charge on any atom is 0.110 e. The molecule has 4 nitrogen and oxygen atoms in total. The number of nitrogens with zero attached hydrogens (tertiary/aromatic N) is 3. The summed E-state index contributed by atoms with van der Waals surface area (Å²) < 4.78 is 0. The van der Waals surface area contributed by atoms with Crippen molar-refractivity contribution in [3.8, 4) is 22.5 Å². The second-order valence-corrected chi connectivity index (χ2v) is 9.06. The Balaban J connectivity index is 1.40. The van der Waals surface area contributed by atoms with Crippen LogP contribution in [0.15, 0.2) is 73.1 Å². The molecule has 1 N–H and O–H groups in total. The summed E-state index contributed by atoms with van der Waals surface area (Å²) >= 11 is 12.5. The van der Waals surface area contributed by atoms with Crippen LogP contribution in [0, 0.1) is 0 Å². The number of likely N-dealkylation sites (tertiary alicyclic amines) is 1. The van der Waals surface area contributed by atoms with Crippen molar-refractivity contribution in [3.05, 3.63) is 94.5 Å². The molecule has 1 saturated heterocycles. The Bertz CT molecular complexity index is 1180. The monoisotopic (exact) mass is 462 g/mol. The molecule has 1 aliphatic rings. The average molecular weight is 463 g/mol. The van der Waals surface area contributed by atoms with Gasteiger partial charge in [0.25, 0.3) is 0 Å². The Labute approximate surface area is 198 Å². The minimum absolute atomic E-state index is 0.402. The van der Waals surface area contributed by atoms with Gasteiger partial charge in [0.05, 0.1) is 21.4 Å². The molecule has 162 valence electrons. The lowest BCUT2D eigenvalue weighted by atomic mass is 9.96. The summed E-state index contributed by atoms with van der Waals surface area (Å²) in [7, 11) is 0. The number of imidazole rings is 1. The number of nitrogens with one attached hydrogen (secondary N) is 1. The smallest absolute Gasteiger partial charge is 0.110 e. The molecule has 6 heteroatoms. The highest BCUT2D eigenvalue weighted by Crippen LogP contribution is 2.36. The van der Waals surface area contributed by atoms with Gasteiger partial charge in [0.15, 0.2) is 0 Å². The van der Waals surface area contributed by atoms with Crippen LogP contribution in [-0.2, 0) is 6.54 Å². The number of H-pyrrole nitrogens is 1. The summed E-state index contributed by atoms with van der Waals surface area (Å²) in [6, 6.07) is 20.4. The molecule has 0 radical (unpaired) electrons. The zero-order chi connectivity index (χ0) is 21.9. The number of aromatic amines is 1. The molecule has 0 spiro atoms. The normalized spacial score (nSPS) is 15.2. The number of hydrogen-bond donors (Lipinski definition) is 1. The van der Waals surface area contributed by atoms with E-state index in [-0.39, 0.29) is 0 Å². The zero-order valence-corrected chi connectivity index (χ0v) is 19.2. The third-order valence-electron chi connectivity index (χ3n) is 6.11. The van der Waals surface area contributed by atoms with Gasteiger partial charge >= 0.3 is 0 Å². The number of aromatic nitrogens is 3. The van der Waals surface area contributed by atoms with Gasteiger partial charge in [-0.15, -0.1) is 0 Å². The van der Waals surface area contributed by atoms with Gasteiger partial charge in [-0.1, -0.05) is 59.6 Å². The van der Waals surface area contributed by atoms with Crippen LogP contribution in [0.1, 0.15) is 30.1 Å².